The summed E-state index contributed by atoms with van der Waals surface area (Å²) in [7, 11) is 2.14. The average molecular weight is 320 g/mol. The van der Waals surface area contributed by atoms with E-state index in [9.17, 15) is 4.79 Å². The monoisotopic (exact) mass is 320 g/mol. The van der Waals surface area contributed by atoms with Gasteiger partial charge in [-0.3, -0.25) is 9.89 Å². The van der Waals surface area contributed by atoms with E-state index in [-0.39, 0.29) is 18.1 Å². The van der Waals surface area contributed by atoms with Gasteiger partial charge in [-0.05, 0) is 53.8 Å². The van der Waals surface area contributed by atoms with Crippen molar-refractivity contribution in [1.82, 2.24) is 20.0 Å². The van der Waals surface area contributed by atoms with E-state index in [1.807, 2.05) is 11.8 Å². The second kappa shape index (κ2) is 6.61. The molecule has 1 amide bonds. The van der Waals surface area contributed by atoms with Gasteiger partial charge >= 0.3 is 0 Å². The summed E-state index contributed by atoms with van der Waals surface area (Å²) >= 11 is 0. The predicted octanol–water partition coefficient (Wildman–Crippen LogP) is 1.99. The molecule has 0 bridgehead atoms. The lowest BCUT2D eigenvalue weighted by Gasteiger charge is -2.36. The summed E-state index contributed by atoms with van der Waals surface area (Å²) in [5.74, 6) is 0.0702. The molecule has 1 aromatic heterocycles. The van der Waals surface area contributed by atoms with E-state index in [0.717, 1.165) is 50.2 Å². The highest BCUT2D eigenvalue weighted by Gasteiger charge is 2.33. The van der Waals surface area contributed by atoms with Crippen LogP contribution in [0.25, 0.3) is 0 Å². The summed E-state index contributed by atoms with van der Waals surface area (Å²) < 4.78 is 5.82. The lowest BCUT2D eigenvalue weighted by Crippen LogP contribution is -2.46. The normalized spacial score (nSPS) is 26.1. The van der Waals surface area contributed by atoms with Crippen molar-refractivity contribution in [3.63, 3.8) is 0 Å². The van der Waals surface area contributed by atoms with Gasteiger partial charge in [0.15, 0.2) is 5.69 Å². The predicted molar refractivity (Wildman–Crippen MR) is 88.5 cm³/mol. The van der Waals surface area contributed by atoms with Gasteiger partial charge in [-0.2, -0.15) is 5.10 Å². The van der Waals surface area contributed by atoms with Crippen LogP contribution in [-0.2, 0) is 11.2 Å². The molecule has 1 fully saturated rings. The highest BCUT2D eigenvalue weighted by molar-refractivity contribution is 5.94. The number of amides is 1. The van der Waals surface area contributed by atoms with Crippen molar-refractivity contribution in [1.29, 1.82) is 0 Å². The Labute approximate surface area is 138 Å². The number of nitrogens with zero attached hydrogens (tertiary/aromatic N) is 3. The maximum Gasteiger partial charge on any atom is 0.274 e. The Morgan fingerprint density at radius 1 is 1.39 bits per heavy atom. The molecule has 0 aliphatic carbocycles. The van der Waals surface area contributed by atoms with Crippen LogP contribution in [0.3, 0.4) is 0 Å². The number of hydrogen-bond donors (Lipinski definition) is 1. The summed E-state index contributed by atoms with van der Waals surface area (Å²) in [6.45, 7) is 8.95. The second-order valence-electron chi connectivity index (χ2n) is 6.88. The third-order valence-corrected chi connectivity index (χ3v) is 5.17. The number of piperidine rings is 1. The van der Waals surface area contributed by atoms with Gasteiger partial charge < -0.3 is 14.5 Å². The summed E-state index contributed by atoms with van der Waals surface area (Å²) in [6.07, 6.45) is 2.93. The molecule has 6 nitrogen and oxygen atoms in total. The first-order chi connectivity index (χ1) is 11.0. The molecule has 0 aromatic carbocycles. The van der Waals surface area contributed by atoms with Crippen LogP contribution in [-0.4, -0.2) is 64.7 Å². The fourth-order valence-corrected chi connectivity index (χ4v) is 3.86. The number of nitrogens with one attached hydrogen (secondary N) is 1. The lowest BCUT2D eigenvalue weighted by molar-refractivity contribution is -0.00705. The van der Waals surface area contributed by atoms with Crippen LogP contribution in [0.15, 0.2) is 0 Å². The lowest BCUT2D eigenvalue weighted by atomic mass is 9.98. The summed E-state index contributed by atoms with van der Waals surface area (Å²) in [6, 6.07) is 0.325. The molecule has 2 aliphatic heterocycles. The Kier molecular flexibility index (Phi) is 4.73. The molecule has 1 saturated heterocycles. The van der Waals surface area contributed by atoms with E-state index >= 15 is 0 Å². The van der Waals surface area contributed by atoms with Crippen LogP contribution < -0.4 is 0 Å². The first-order valence-corrected chi connectivity index (χ1v) is 8.73. The van der Waals surface area contributed by atoms with E-state index < -0.39 is 0 Å². The molecule has 2 aliphatic rings. The molecular formula is C17H28N4O2. The van der Waals surface area contributed by atoms with Crippen LogP contribution in [0.1, 0.15) is 61.5 Å². The molecular weight excluding hydrogens is 292 g/mol. The maximum atomic E-state index is 13.1. The summed E-state index contributed by atoms with van der Waals surface area (Å²) in [5.41, 5.74) is 2.61. The third-order valence-electron chi connectivity index (χ3n) is 5.17. The molecule has 1 aromatic rings. The standard InChI is InChI=1S/C17H28N4O2/c1-5-21(13-6-8-20(4)9-7-13)17(22)16-14-10-11(2)23-12(3)15(14)18-19-16/h11-13H,5-10H2,1-4H3,(H,18,19)/t11-,12+/m0/s1. The average Bonchev–Trinajstić information content (AvgIpc) is 2.93. The molecule has 1 N–H and O–H groups in total. The maximum absolute atomic E-state index is 13.1. The van der Waals surface area contributed by atoms with Crippen LogP contribution in [0, 0.1) is 0 Å². The number of hydrogen-bond acceptors (Lipinski definition) is 4. The minimum atomic E-state index is -0.0267. The van der Waals surface area contributed by atoms with Gasteiger partial charge in [0, 0.05) is 24.6 Å². The molecule has 2 atom stereocenters. The van der Waals surface area contributed by atoms with Crippen molar-refractivity contribution < 1.29 is 9.53 Å². The number of aromatic nitrogens is 2. The van der Waals surface area contributed by atoms with Gasteiger partial charge in [0.2, 0.25) is 0 Å². The number of fused-ring (bicyclic) bond motifs is 1. The van der Waals surface area contributed by atoms with Crippen LogP contribution in [0.2, 0.25) is 0 Å². The third kappa shape index (κ3) is 3.15. The molecule has 128 valence electrons. The minimum Gasteiger partial charge on any atom is -0.369 e. The Morgan fingerprint density at radius 3 is 2.74 bits per heavy atom. The van der Waals surface area contributed by atoms with Crippen LogP contribution >= 0.6 is 0 Å². The van der Waals surface area contributed by atoms with Crippen LogP contribution in [0.5, 0.6) is 0 Å². The Morgan fingerprint density at radius 2 is 2.09 bits per heavy atom. The Hall–Kier alpha value is -1.40. The zero-order valence-electron chi connectivity index (χ0n) is 14.6. The Balaban J connectivity index is 1.82. The van der Waals surface area contributed by atoms with E-state index in [1.165, 1.54) is 0 Å². The molecule has 3 rings (SSSR count). The highest BCUT2D eigenvalue weighted by atomic mass is 16.5. The van der Waals surface area contributed by atoms with Crippen molar-refractivity contribution in [3.8, 4) is 0 Å². The molecule has 23 heavy (non-hydrogen) atoms. The van der Waals surface area contributed by atoms with Gasteiger partial charge in [-0.15, -0.1) is 0 Å². The minimum absolute atomic E-state index is 0.0267. The van der Waals surface area contributed by atoms with Crippen molar-refractivity contribution >= 4 is 5.91 Å². The number of carbonyl (C=O) groups is 1. The van der Waals surface area contributed by atoms with Gasteiger partial charge in [-0.1, -0.05) is 0 Å². The Bertz CT molecular complexity index is 563. The fraction of sp³-hybridized carbons (Fsp3) is 0.765. The SMILES string of the molecule is CCN(C(=O)c1n[nH]c2c1C[C@H](C)O[C@@H]2C)C1CCN(C)CC1. The van der Waals surface area contributed by atoms with E-state index in [1.54, 1.807) is 0 Å². The zero-order valence-corrected chi connectivity index (χ0v) is 14.6. The highest BCUT2D eigenvalue weighted by Crippen LogP contribution is 2.31. The van der Waals surface area contributed by atoms with Crippen molar-refractivity contribution in [2.45, 2.75) is 58.3 Å². The first-order valence-electron chi connectivity index (χ1n) is 8.73. The van der Waals surface area contributed by atoms with Crippen molar-refractivity contribution in [2.24, 2.45) is 0 Å². The fourth-order valence-electron chi connectivity index (χ4n) is 3.86. The zero-order chi connectivity index (χ0) is 16.6. The van der Waals surface area contributed by atoms with E-state index in [4.69, 9.17) is 4.74 Å². The smallest absolute Gasteiger partial charge is 0.274 e. The number of aromatic amines is 1. The van der Waals surface area contributed by atoms with E-state index in [0.29, 0.717) is 11.7 Å². The van der Waals surface area contributed by atoms with Crippen molar-refractivity contribution in [2.75, 3.05) is 26.7 Å². The number of H-pyrrole nitrogens is 1. The number of ether oxygens (including phenoxy) is 1. The summed E-state index contributed by atoms with van der Waals surface area (Å²) in [5, 5.41) is 7.39. The molecule has 0 radical (unpaired) electrons. The largest absolute Gasteiger partial charge is 0.369 e. The topological polar surface area (TPSA) is 61.5 Å². The number of likely N-dealkylation sites (tertiary alicyclic amines) is 1. The van der Waals surface area contributed by atoms with E-state index in [2.05, 4.69) is 36.0 Å². The van der Waals surface area contributed by atoms with Crippen LogP contribution in [0.4, 0.5) is 0 Å². The van der Waals surface area contributed by atoms with Gasteiger partial charge in [-0.25, -0.2) is 0 Å². The molecule has 0 spiro atoms. The van der Waals surface area contributed by atoms with Gasteiger partial charge in [0.1, 0.15) is 0 Å². The first kappa shape index (κ1) is 16.5. The number of rotatable bonds is 3. The molecule has 6 heteroatoms. The van der Waals surface area contributed by atoms with Crippen molar-refractivity contribution in [3.05, 3.63) is 17.0 Å². The quantitative estimate of drug-likeness (QED) is 0.925. The molecule has 3 heterocycles. The summed E-state index contributed by atoms with van der Waals surface area (Å²) in [4.78, 5) is 17.4. The van der Waals surface area contributed by atoms with Gasteiger partial charge in [0.25, 0.3) is 5.91 Å². The molecule has 0 saturated carbocycles. The van der Waals surface area contributed by atoms with Gasteiger partial charge in [0.05, 0.1) is 17.9 Å². The second-order valence-corrected chi connectivity index (χ2v) is 6.88. The number of carbonyl (C=O) groups excluding carboxylic acids is 1. The molecule has 0 unspecified atom stereocenters.